The summed E-state index contributed by atoms with van der Waals surface area (Å²) >= 11 is 0. The summed E-state index contributed by atoms with van der Waals surface area (Å²) in [7, 11) is -1.92. The van der Waals surface area contributed by atoms with E-state index in [1.807, 2.05) is 26.0 Å². The maximum Gasteiger partial charge on any atom is 0.227 e. The van der Waals surface area contributed by atoms with Crippen molar-refractivity contribution in [3.8, 4) is 17.3 Å². The Balaban J connectivity index is 1.68. The van der Waals surface area contributed by atoms with E-state index < -0.39 is 8.32 Å². The van der Waals surface area contributed by atoms with Crippen molar-refractivity contribution in [2.45, 2.75) is 65.1 Å². The van der Waals surface area contributed by atoms with Gasteiger partial charge in [0.2, 0.25) is 5.95 Å². The van der Waals surface area contributed by atoms with Crippen LogP contribution >= 0.6 is 0 Å². The van der Waals surface area contributed by atoms with Crippen LogP contribution in [0.3, 0.4) is 0 Å². The van der Waals surface area contributed by atoms with Gasteiger partial charge >= 0.3 is 0 Å². The highest BCUT2D eigenvalue weighted by Gasteiger charge is 2.42. The van der Waals surface area contributed by atoms with Crippen LogP contribution in [0.4, 0.5) is 17.3 Å². The molecule has 0 spiro atoms. The Bertz CT molecular complexity index is 1340. The van der Waals surface area contributed by atoms with E-state index in [0.717, 1.165) is 40.4 Å². The molecule has 1 aromatic carbocycles. The maximum atomic E-state index is 9.94. The number of rotatable bonds is 6. The fourth-order valence-electron chi connectivity index (χ4n) is 4.01. The van der Waals surface area contributed by atoms with E-state index in [9.17, 15) is 5.26 Å². The number of nitrogens with zero attached hydrogens (tertiary/aromatic N) is 5. The molecule has 9 heteroatoms. The molecule has 0 fully saturated rings. The zero-order valence-electron chi connectivity index (χ0n) is 22.4. The molecule has 8 nitrogen and oxygen atoms in total. The van der Waals surface area contributed by atoms with Crippen molar-refractivity contribution in [2.75, 3.05) is 23.8 Å². The Morgan fingerprint density at radius 2 is 1.94 bits per heavy atom. The first-order chi connectivity index (χ1) is 16.8. The van der Waals surface area contributed by atoms with E-state index >= 15 is 0 Å². The van der Waals surface area contributed by atoms with Crippen molar-refractivity contribution in [1.29, 1.82) is 5.26 Å². The van der Waals surface area contributed by atoms with Gasteiger partial charge in [0.15, 0.2) is 8.32 Å². The number of aryl methyl sites for hydroxylation is 2. The molecule has 1 atom stereocenters. The number of hydrogen-bond donors (Lipinski definition) is 2. The molecular weight excluding hydrogens is 466 g/mol. The number of nitrogens with one attached hydrogen (secondary N) is 2. The predicted octanol–water partition coefficient (Wildman–Crippen LogP) is 5.87. The molecule has 2 aromatic heterocycles. The van der Waals surface area contributed by atoms with Crippen LogP contribution in [0.5, 0.6) is 0 Å². The summed E-state index contributed by atoms with van der Waals surface area (Å²) in [5.74, 6) is 1.16. The summed E-state index contributed by atoms with van der Waals surface area (Å²) in [6.07, 6.45) is 3.45. The summed E-state index contributed by atoms with van der Waals surface area (Å²) in [6, 6.07) is 8.25. The predicted molar refractivity (Wildman–Crippen MR) is 146 cm³/mol. The van der Waals surface area contributed by atoms with Crippen LogP contribution in [-0.4, -0.2) is 41.4 Å². The van der Waals surface area contributed by atoms with Crippen LogP contribution in [0.1, 0.15) is 50.3 Å². The lowest BCUT2D eigenvalue weighted by atomic mass is 9.83. The van der Waals surface area contributed by atoms with Gasteiger partial charge in [-0.15, -0.1) is 0 Å². The third-order valence-electron chi connectivity index (χ3n) is 7.42. The Morgan fingerprint density at radius 1 is 1.19 bits per heavy atom. The molecule has 0 bridgehead atoms. The lowest BCUT2D eigenvalue weighted by Gasteiger charge is -2.39. The van der Waals surface area contributed by atoms with Gasteiger partial charge in [-0.25, -0.2) is 19.9 Å². The fourth-order valence-corrected chi connectivity index (χ4v) is 5.13. The second-order valence-corrected chi connectivity index (χ2v) is 16.1. The van der Waals surface area contributed by atoms with Crippen LogP contribution in [0.15, 0.2) is 30.6 Å². The van der Waals surface area contributed by atoms with E-state index in [0.29, 0.717) is 23.9 Å². The third kappa shape index (κ3) is 4.97. The fraction of sp³-hybridized carbons (Fsp3) is 0.444. The van der Waals surface area contributed by atoms with E-state index in [1.54, 1.807) is 12.4 Å². The highest BCUT2D eigenvalue weighted by atomic mass is 28.4. The van der Waals surface area contributed by atoms with Crippen molar-refractivity contribution >= 4 is 25.6 Å². The van der Waals surface area contributed by atoms with Gasteiger partial charge in [-0.05, 0) is 55.7 Å². The minimum atomic E-state index is -1.92. The highest BCUT2D eigenvalue weighted by Crippen LogP contribution is 2.44. The summed E-state index contributed by atoms with van der Waals surface area (Å²) in [5, 5.41) is 16.8. The molecule has 188 valence electrons. The molecule has 4 rings (SSSR count). The minimum Gasteiger partial charge on any atom is -0.416 e. The first kappa shape index (κ1) is 25.7. The molecule has 2 N–H and O–H groups in total. The van der Waals surface area contributed by atoms with E-state index in [1.165, 1.54) is 0 Å². The van der Waals surface area contributed by atoms with Crippen molar-refractivity contribution in [3.63, 3.8) is 0 Å². The first-order valence-corrected chi connectivity index (χ1v) is 15.1. The lowest BCUT2D eigenvalue weighted by Crippen LogP contribution is -2.45. The molecule has 0 aliphatic carbocycles. The normalized spacial score (nSPS) is 17.3. The Hall–Kier alpha value is -3.35. The molecule has 1 unspecified atom stereocenters. The van der Waals surface area contributed by atoms with Crippen LogP contribution < -0.4 is 10.6 Å². The van der Waals surface area contributed by atoms with Gasteiger partial charge < -0.3 is 15.1 Å². The zero-order valence-corrected chi connectivity index (χ0v) is 23.4. The number of hydrogen-bond acceptors (Lipinski definition) is 8. The van der Waals surface area contributed by atoms with Crippen molar-refractivity contribution < 1.29 is 4.43 Å². The quantitative estimate of drug-likeness (QED) is 0.404. The molecule has 3 aromatic rings. The van der Waals surface area contributed by atoms with Gasteiger partial charge in [0.25, 0.3) is 0 Å². The Kier molecular flexibility index (Phi) is 6.62. The summed E-state index contributed by atoms with van der Waals surface area (Å²) < 4.78 is 6.63. The van der Waals surface area contributed by atoms with Gasteiger partial charge in [0, 0.05) is 30.3 Å². The number of anilines is 3. The zero-order chi connectivity index (χ0) is 26.3. The summed E-state index contributed by atoms with van der Waals surface area (Å²) in [6.45, 7) is 18.6. The van der Waals surface area contributed by atoms with Gasteiger partial charge in [0.1, 0.15) is 11.9 Å². The minimum absolute atomic E-state index is 0.128. The average molecular weight is 502 g/mol. The standard InChI is InChI=1S/C27H35N7OSi/c1-17-23(14-30-18(2)32-17)34-25-29-10-9-22(33-25)19-11-20(13-28)24-21(12-19)27(6,15-31-24)16-35-36(7,8)26(3,4)5/h9-12,14,31H,15-16H2,1-8H3,(H,29,33,34). The molecule has 0 saturated heterocycles. The topological polar surface area (TPSA) is 109 Å². The van der Waals surface area contributed by atoms with Crippen LogP contribution in [0, 0.1) is 25.2 Å². The smallest absolute Gasteiger partial charge is 0.227 e. The van der Waals surface area contributed by atoms with Crippen molar-refractivity contribution in [1.82, 2.24) is 19.9 Å². The van der Waals surface area contributed by atoms with Gasteiger partial charge in [-0.3, -0.25) is 0 Å². The van der Waals surface area contributed by atoms with Crippen LogP contribution in [0.25, 0.3) is 11.3 Å². The molecule has 1 aliphatic rings. The largest absolute Gasteiger partial charge is 0.416 e. The molecule has 0 amide bonds. The Morgan fingerprint density at radius 3 is 2.61 bits per heavy atom. The second kappa shape index (κ2) is 9.26. The van der Waals surface area contributed by atoms with Crippen LogP contribution in [0.2, 0.25) is 18.1 Å². The monoisotopic (exact) mass is 501 g/mol. The number of fused-ring (bicyclic) bond motifs is 1. The molecule has 1 aliphatic heterocycles. The summed E-state index contributed by atoms with van der Waals surface area (Å²) in [5.41, 5.74) is 5.51. The SMILES string of the molecule is Cc1ncc(Nc2nccc(-c3cc(C#N)c4c(c3)C(C)(CO[Si](C)(C)C(C)(C)C)CN4)n2)c(C)n1. The summed E-state index contributed by atoms with van der Waals surface area (Å²) in [4.78, 5) is 17.8. The van der Waals surface area contributed by atoms with Gasteiger partial charge in [-0.2, -0.15) is 5.26 Å². The number of nitriles is 1. The van der Waals surface area contributed by atoms with E-state index in [4.69, 9.17) is 9.41 Å². The Labute approximate surface area is 214 Å². The number of aromatic nitrogens is 4. The molecule has 0 saturated carbocycles. The molecular formula is C27H35N7OSi. The maximum absolute atomic E-state index is 9.94. The van der Waals surface area contributed by atoms with Gasteiger partial charge in [-0.1, -0.05) is 27.7 Å². The lowest BCUT2D eigenvalue weighted by molar-refractivity contribution is 0.220. The third-order valence-corrected chi connectivity index (χ3v) is 11.9. The number of benzene rings is 1. The molecule has 36 heavy (non-hydrogen) atoms. The second-order valence-electron chi connectivity index (χ2n) is 11.3. The van der Waals surface area contributed by atoms with Crippen LogP contribution in [-0.2, 0) is 9.84 Å². The first-order valence-electron chi connectivity index (χ1n) is 12.2. The van der Waals surface area contributed by atoms with Gasteiger partial charge in [0.05, 0.1) is 34.5 Å². The van der Waals surface area contributed by atoms with Crippen molar-refractivity contribution in [2.24, 2.45) is 0 Å². The van der Waals surface area contributed by atoms with E-state index in [2.05, 4.69) is 78.5 Å². The average Bonchev–Trinajstić information content (AvgIpc) is 3.15. The highest BCUT2D eigenvalue weighted by molar-refractivity contribution is 6.74. The molecule has 0 radical (unpaired) electrons. The van der Waals surface area contributed by atoms with Crippen molar-refractivity contribution in [3.05, 3.63) is 53.2 Å². The molecule has 3 heterocycles. The van der Waals surface area contributed by atoms with E-state index in [-0.39, 0.29) is 10.5 Å².